The Balaban J connectivity index is 1.69. The van der Waals surface area contributed by atoms with Crippen molar-refractivity contribution >= 4 is 17.5 Å². The molecule has 0 bridgehead atoms. The maximum absolute atomic E-state index is 13.9. The van der Waals surface area contributed by atoms with E-state index in [2.05, 4.69) is 10.3 Å². The van der Waals surface area contributed by atoms with Gasteiger partial charge in [0.1, 0.15) is 23.1 Å². The van der Waals surface area contributed by atoms with Gasteiger partial charge in [-0.15, -0.1) is 0 Å². The molecule has 1 N–H and O–H groups in total. The van der Waals surface area contributed by atoms with E-state index in [1.165, 1.54) is 25.3 Å². The Morgan fingerprint density at radius 2 is 2.00 bits per heavy atom. The molecule has 132 valence electrons. The Labute approximate surface area is 144 Å². The van der Waals surface area contributed by atoms with Gasteiger partial charge in [0.15, 0.2) is 0 Å². The smallest absolute Gasteiger partial charge is 0.339 e. The van der Waals surface area contributed by atoms with Crippen LogP contribution in [-0.4, -0.2) is 37.2 Å². The van der Waals surface area contributed by atoms with Crippen molar-refractivity contribution < 1.29 is 18.3 Å². The lowest BCUT2D eigenvalue weighted by atomic mass is 10.2. The topological polar surface area (TPSA) is 54.5 Å². The predicted octanol–water partition coefficient (Wildman–Crippen LogP) is 3.15. The molecule has 1 atom stereocenters. The van der Waals surface area contributed by atoms with E-state index in [0.29, 0.717) is 30.2 Å². The minimum Gasteiger partial charge on any atom is -0.465 e. The maximum atomic E-state index is 13.9. The van der Waals surface area contributed by atoms with Crippen molar-refractivity contribution in [3.8, 4) is 0 Å². The van der Waals surface area contributed by atoms with Gasteiger partial charge in [0.2, 0.25) is 0 Å². The summed E-state index contributed by atoms with van der Waals surface area (Å²) in [7, 11) is 1.32. The Morgan fingerprint density at radius 3 is 2.64 bits per heavy atom. The lowest BCUT2D eigenvalue weighted by Crippen LogP contribution is -2.27. The molecule has 0 aliphatic carbocycles. The van der Waals surface area contributed by atoms with Crippen molar-refractivity contribution in [2.24, 2.45) is 0 Å². The quantitative estimate of drug-likeness (QED) is 0.861. The highest BCUT2D eigenvalue weighted by Crippen LogP contribution is 2.27. The molecule has 0 radical (unpaired) electrons. The van der Waals surface area contributed by atoms with E-state index < -0.39 is 17.6 Å². The second-order valence-corrected chi connectivity index (χ2v) is 5.97. The largest absolute Gasteiger partial charge is 0.465 e. The molecule has 7 heteroatoms. The van der Waals surface area contributed by atoms with E-state index in [0.717, 1.165) is 6.42 Å². The van der Waals surface area contributed by atoms with E-state index in [4.69, 9.17) is 4.74 Å². The van der Waals surface area contributed by atoms with Gasteiger partial charge in [-0.2, -0.15) is 0 Å². The fourth-order valence-corrected chi connectivity index (χ4v) is 3.05. The number of ether oxygens (including phenoxy) is 1. The second kappa shape index (κ2) is 7.04. The number of esters is 1. The molecule has 0 spiro atoms. The zero-order chi connectivity index (χ0) is 18.0. The molecule has 5 nitrogen and oxygen atoms in total. The van der Waals surface area contributed by atoms with Gasteiger partial charge in [-0.25, -0.2) is 18.6 Å². The predicted molar refractivity (Wildman–Crippen MR) is 90.9 cm³/mol. The molecule has 1 fully saturated rings. The van der Waals surface area contributed by atoms with Crippen LogP contribution in [0.2, 0.25) is 0 Å². The summed E-state index contributed by atoms with van der Waals surface area (Å²) in [6.45, 7) is 2.75. The fraction of sp³-hybridized carbons (Fsp3) is 0.333. The minimum atomic E-state index is -0.558. The first kappa shape index (κ1) is 17.1. The zero-order valence-corrected chi connectivity index (χ0v) is 14.1. The van der Waals surface area contributed by atoms with Crippen LogP contribution in [-0.2, 0) is 4.74 Å². The molecule has 2 aromatic rings. The Bertz CT molecular complexity index is 778. The highest BCUT2D eigenvalue weighted by Gasteiger charge is 2.27. The number of aryl methyl sites for hydroxylation is 1. The van der Waals surface area contributed by atoms with Gasteiger partial charge in [0, 0.05) is 19.1 Å². The standard InChI is InChI=1S/C18H19F2N3O2/c1-11-13(18(24)25-2)6-7-16(21-11)22-12-8-9-23(10-12)17-14(19)4-3-5-15(17)20/h3-7,12H,8-10H2,1-2H3,(H,21,22). The fourth-order valence-electron chi connectivity index (χ4n) is 3.05. The molecule has 0 amide bonds. The number of carbonyl (C=O) groups is 1. The first-order valence-corrected chi connectivity index (χ1v) is 8.01. The Morgan fingerprint density at radius 1 is 1.28 bits per heavy atom. The second-order valence-electron chi connectivity index (χ2n) is 5.97. The van der Waals surface area contributed by atoms with Crippen molar-refractivity contribution in [3.63, 3.8) is 0 Å². The molecular weight excluding hydrogens is 328 g/mol. The van der Waals surface area contributed by atoms with Crippen molar-refractivity contribution in [3.05, 3.63) is 53.2 Å². The summed E-state index contributed by atoms with van der Waals surface area (Å²) in [5.74, 6) is -0.932. The normalized spacial score (nSPS) is 16.8. The first-order valence-electron chi connectivity index (χ1n) is 8.01. The van der Waals surface area contributed by atoms with Crippen molar-refractivity contribution in [1.82, 2.24) is 4.98 Å². The van der Waals surface area contributed by atoms with Gasteiger partial charge < -0.3 is 15.0 Å². The van der Waals surface area contributed by atoms with Crippen molar-refractivity contribution in [2.75, 3.05) is 30.4 Å². The van der Waals surface area contributed by atoms with E-state index in [1.54, 1.807) is 24.0 Å². The molecule has 1 unspecified atom stereocenters. The van der Waals surface area contributed by atoms with Crippen LogP contribution >= 0.6 is 0 Å². The zero-order valence-electron chi connectivity index (χ0n) is 14.1. The SMILES string of the molecule is COC(=O)c1ccc(NC2CCN(c3c(F)cccc3F)C2)nc1C. The number of rotatable bonds is 4. The van der Waals surface area contributed by atoms with Crippen LogP contribution in [0.5, 0.6) is 0 Å². The number of hydrogen-bond acceptors (Lipinski definition) is 5. The van der Waals surface area contributed by atoms with Crippen LogP contribution in [0.3, 0.4) is 0 Å². The average Bonchev–Trinajstić information content (AvgIpc) is 3.02. The molecule has 2 heterocycles. The van der Waals surface area contributed by atoms with Gasteiger partial charge >= 0.3 is 5.97 Å². The number of carbonyl (C=O) groups excluding carboxylic acids is 1. The number of aromatic nitrogens is 1. The summed E-state index contributed by atoms with van der Waals surface area (Å²) in [5, 5.41) is 3.25. The van der Waals surface area contributed by atoms with Crippen LogP contribution in [0.15, 0.2) is 30.3 Å². The third kappa shape index (κ3) is 3.55. The van der Waals surface area contributed by atoms with Gasteiger partial charge in [0.05, 0.1) is 18.4 Å². The Kier molecular flexibility index (Phi) is 4.83. The van der Waals surface area contributed by atoms with Gasteiger partial charge in [-0.1, -0.05) is 6.07 Å². The number of benzene rings is 1. The van der Waals surface area contributed by atoms with Crippen LogP contribution in [0.1, 0.15) is 22.5 Å². The summed E-state index contributed by atoms with van der Waals surface area (Å²) < 4.78 is 32.5. The highest BCUT2D eigenvalue weighted by atomic mass is 19.1. The molecule has 3 rings (SSSR count). The number of methoxy groups -OCH3 is 1. The van der Waals surface area contributed by atoms with Gasteiger partial charge in [-0.05, 0) is 37.6 Å². The molecular formula is C18H19F2N3O2. The number of para-hydroxylation sites is 1. The third-order valence-corrected chi connectivity index (χ3v) is 4.29. The molecule has 0 saturated carbocycles. The minimum absolute atomic E-state index is 0.00915. The highest BCUT2D eigenvalue weighted by molar-refractivity contribution is 5.90. The number of pyridine rings is 1. The van der Waals surface area contributed by atoms with E-state index in [-0.39, 0.29) is 11.7 Å². The molecule has 1 aromatic carbocycles. The van der Waals surface area contributed by atoms with Crippen molar-refractivity contribution in [2.45, 2.75) is 19.4 Å². The van der Waals surface area contributed by atoms with E-state index >= 15 is 0 Å². The van der Waals surface area contributed by atoms with Gasteiger partial charge in [0.25, 0.3) is 0 Å². The molecule has 1 saturated heterocycles. The van der Waals surface area contributed by atoms with Crippen LogP contribution < -0.4 is 10.2 Å². The molecule has 1 aromatic heterocycles. The van der Waals surface area contributed by atoms with E-state index in [9.17, 15) is 13.6 Å². The van der Waals surface area contributed by atoms with Crippen LogP contribution in [0.4, 0.5) is 20.3 Å². The summed E-state index contributed by atoms with van der Waals surface area (Å²) in [6, 6.07) is 7.24. The molecule has 1 aliphatic rings. The Hall–Kier alpha value is -2.70. The van der Waals surface area contributed by atoms with E-state index in [1.807, 2.05) is 0 Å². The monoisotopic (exact) mass is 347 g/mol. The summed E-state index contributed by atoms with van der Waals surface area (Å²) >= 11 is 0. The van der Waals surface area contributed by atoms with Gasteiger partial charge in [-0.3, -0.25) is 0 Å². The van der Waals surface area contributed by atoms with Crippen LogP contribution in [0.25, 0.3) is 0 Å². The molecule has 1 aliphatic heterocycles. The number of hydrogen-bond donors (Lipinski definition) is 1. The summed E-state index contributed by atoms with van der Waals surface area (Å²) in [5.41, 5.74) is 0.985. The summed E-state index contributed by atoms with van der Waals surface area (Å²) in [4.78, 5) is 17.6. The van der Waals surface area contributed by atoms with Crippen molar-refractivity contribution in [1.29, 1.82) is 0 Å². The summed E-state index contributed by atoms with van der Waals surface area (Å²) in [6.07, 6.45) is 0.729. The maximum Gasteiger partial charge on any atom is 0.339 e. The number of anilines is 2. The third-order valence-electron chi connectivity index (χ3n) is 4.29. The molecule has 25 heavy (non-hydrogen) atoms. The van der Waals surface area contributed by atoms with Crippen LogP contribution in [0, 0.1) is 18.6 Å². The first-order chi connectivity index (χ1) is 12.0. The number of nitrogens with zero attached hydrogens (tertiary/aromatic N) is 2. The number of halogens is 2. The average molecular weight is 347 g/mol. The lowest BCUT2D eigenvalue weighted by Gasteiger charge is -2.20. The lowest BCUT2D eigenvalue weighted by molar-refractivity contribution is 0.0599. The number of nitrogens with one attached hydrogen (secondary N) is 1.